The number of rotatable bonds is 3. The van der Waals surface area contributed by atoms with Crippen molar-refractivity contribution >= 4 is 0 Å². The fourth-order valence-electron chi connectivity index (χ4n) is 1.46. The van der Waals surface area contributed by atoms with Crippen LogP contribution in [0.1, 0.15) is 34.1 Å². The Bertz CT molecular complexity index is 165. The summed E-state index contributed by atoms with van der Waals surface area (Å²) in [6, 6.07) is 0. The van der Waals surface area contributed by atoms with Crippen molar-refractivity contribution in [3.05, 3.63) is 0 Å². The first-order valence-electron chi connectivity index (χ1n) is 5.51. The van der Waals surface area contributed by atoms with Gasteiger partial charge in [-0.15, -0.1) is 0 Å². The van der Waals surface area contributed by atoms with E-state index in [1.54, 1.807) is 0 Å². The van der Waals surface area contributed by atoms with Crippen molar-refractivity contribution in [1.82, 2.24) is 5.32 Å². The maximum Gasteiger partial charge on any atom is 0.0937 e. The molecule has 0 amide bonds. The molecule has 1 aliphatic heterocycles. The molecular weight excluding hydrogens is 178 g/mol. The van der Waals surface area contributed by atoms with Crippen LogP contribution in [0.2, 0.25) is 0 Å². The van der Waals surface area contributed by atoms with Gasteiger partial charge in [0.25, 0.3) is 0 Å². The van der Waals surface area contributed by atoms with Crippen molar-refractivity contribution in [3.63, 3.8) is 0 Å². The van der Waals surface area contributed by atoms with Gasteiger partial charge in [0.1, 0.15) is 0 Å². The third kappa shape index (κ3) is 4.40. The topological polar surface area (TPSA) is 30.5 Å². The minimum absolute atomic E-state index is 0.0669. The molecule has 3 heteroatoms. The second-order valence-corrected chi connectivity index (χ2v) is 4.87. The third-order valence-electron chi connectivity index (χ3n) is 2.29. The van der Waals surface area contributed by atoms with E-state index < -0.39 is 0 Å². The summed E-state index contributed by atoms with van der Waals surface area (Å²) in [5, 5.41) is 3.37. The summed E-state index contributed by atoms with van der Waals surface area (Å²) < 4.78 is 11.5. The molecule has 84 valence electrons. The van der Waals surface area contributed by atoms with Gasteiger partial charge >= 0.3 is 0 Å². The van der Waals surface area contributed by atoms with Crippen LogP contribution in [0, 0.1) is 0 Å². The van der Waals surface area contributed by atoms with Crippen LogP contribution in [-0.2, 0) is 9.47 Å². The normalized spacial score (nSPS) is 29.1. The Morgan fingerprint density at radius 1 is 1.29 bits per heavy atom. The molecule has 1 heterocycles. The van der Waals surface area contributed by atoms with E-state index in [1.165, 1.54) is 0 Å². The highest BCUT2D eigenvalue weighted by molar-refractivity contribution is 4.74. The van der Waals surface area contributed by atoms with Crippen molar-refractivity contribution < 1.29 is 9.47 Å². The number of morpholine rings is 1. The maximum atomic E-state index is 5.84. The van der Waals surface area contributed by atoms with Crippen molar-refractivity contribution in [3.8, 4) is 0 Å². The van der Waals surface area contributed by atoms with E-state index in [-0.39, 0.29) is 11.7 Å². The highest BCUT2D eigenvalue weighted by Crippen LogP contribution is 2.12. The Morgan fingerprint density at radius 3 is 2.50 bits per heavy atom. The molecule has 0 bridgehead atoms. The number of nitrogens with one attached hydrogen (secondary N) is 1. The van der Waals surface area contributed by atoms with E-state index in [9.17, 15) is 0 Å². The summed E-state index contributed by atoms with van der Waals surface area (Å²) in [6.45, 7) is 10.9. The lowest BCUT2D eigenvalue weighted by molar-refractivity contribution is -0.108. The summed E-state index contributed by atoms with van der Waals surface area (Å²) in [4.78, 5) is 0. The Morgan fingerprint density at radius 2 is 1.93 bits per heavy atom. The van der Waals surface area contributed by atoms with Crippen LogP contribution in [-0.4, -0.2) is 37.5 Å². The minimum Gasteiger partial charge on any atom is -0.373 e. The van der Waals surface area contributed by atoms with Gasteiger partial charge in [0.15, 0.2) is 0 Å². The predicted octanol–water partition coefficient (Wildman–Crippen LogP) is 1.57. The lowest BCUT2D eigenvalue weighted by Gasteiger charge is -2.32. The largest absolute Gasteiger partial charge is 0.373 e. The molecule has 1 fully saturated rings. The van der Waals surface area contributed by atoms with Gasteiger partial charge in [-0.05, 0) is 27.2 Å². The van der Waals surface area contributed by atoms with Gasteiger partial charge in [-0.3, -0.25) is 0 Å². The fourth-order valence-corrected chi connectivity index (χ4v) is 1.46. The van der Waals surface area contributed by atoms with E-state index in [4.69, 9.17) is 9.47 Å². The van der Waals surface area contributed by atoms with Crippen molar-refractivity contribution in [2.75, 3.05) is 19.7 Å². The van der Waals surface area contributed by atoms with Gasteiger partial charge in [-0.1, -0.05) is 6.92 Å². The molecule has 0 unspecified atom stereocenters. The quantitative estimate of drug-likeness (QED) is 0.752. The molecule has 1 aliphatic rings. The molecule has 2 atom stereocenters. The summed E-state index contributed by atoms with van der Waals surface area (Å²) in [6.07, 6.45) is 1.64. The molecule has 14 heavy (non-hydrogen) atoms. The molecule has 0 radical (unpaired) electrons. The van der Waals surface area contributed by atoms with Crippen LogP contribution in [0.15, 0.2) is 0 Å². The SMILES string of the molecule is CC[C@H]1CNC[C@H](COC(C)(C)C)O1. The zero-order chi connectivity index (χ0) is 10.6. The molecule has 0 aromatic rings. The average molecular weight is 201 g/mol. The average Bonchev–Trinajstić information content (AvgIpc) is 2.14. The molecule has 1 N–H and O–H groups in total. The lowest BCUT2D eigenvalue weighted by atomic mass is 10.2. The molecular formula is C11H23NO2. The van der Waals surface area contributed by atoms with Crippen LogP contribution >= 0.6 is 0 Å². The first-order valence-corrected chi connectivity index (χ1v) is 5.51. The molecule has 0 aromatic heterocycles. The zero-order valence-corrected chi connectivity index (χ0v) is 9.80. The van der Waals surface area contributed by atoms with Crippen LogP contribution in [0.3, 0.4) is 0 Å². The van der Waals surface area contributed by atoms with E-state index in [0.717, 1.165) is 19.5 Å². The number of hydrogen-bond donors (Lipinski definition) is 1. The van der Waals surface area contributed by atoms with Crippen molar-refractivity contribution in [2.45, 2.75) is 51.9 Å². The highest BCUT2D eigenvalue weighted by Gasteiger charge is 2.22. The highest BCUT2D eigenvalue weighted by atomic mass is 16.5. The first kappa shape index (κ1) is 12.0. The second kappa shape index (κ2) is 5.10. The molecule has 1 saturated heterocycles. The van der Waals surface area contributed by atoms with Crippen LogP contribution < -0.4 is 5.32 Å². The Labute approximate surface area is 87.2 Å². The standard InChI is InChI=1S/C11H23NO2/c1-5-9-6-12-7-10(14-9)8-13-11(2,3)4/h9-10,12H,5-8H2,1-4H3/t9-,10+/m0/s1. The Hall–Kier alpha value is -0.120. The Kier molecular flexibility index (Phi) is 4.35. The molecule has 1 rings (SSSR count). The predicted molar refractivity (Wildman–Crippen MR) is 57.5 cm³/mol. The van der Waals surface area contributed by atoms with Gasteiger partial charge in [-0.2, -0.15) is 0 Å². The van der Waals surface area contributed by atoms with Crippen molar-refractivity contribution in [2.24, 2.45) is 0 Å². The first-order chi connectivity index (χ1) is 6.51. The molecule has 0 saturated carbocycles. The van der Waals surface area contributed by atoms with Gasteiger partial charge < -0.3 is 14.8 Å². The third-order valence-corrected chi connectivity index (χ3v) is 2.29. The fraction of sp³-hybridized carbons (Fsp3) is 1.00. The summed E-state index contributed by atoms with van der Waals surface area (Å²) in [5.74, 6) is 0. The van der Waals surface area contributed by atoms with Gasteiger partial charge in [0.2, 0.25) is 0 Å². The van der Waals surface area contributed by atoms with E-state index in [1.807, 2.05) is 0 Å². The smallest absolute Gasteiger partial charge is 0.0937 e. The molecule has 0 aromatic carbocycles. The zero-order valence-electron chi connectivity index (χ0n) is 9.80. The molecule has 0 aliphatic carbocycles. The van der Waals surface area contributed by atoms with Gasteiger partial charge in [-0.25, -0.2) is 0 Å². The monoisotopic (exact) mass is 201 g/mol. The number of hydrogen-bond acceptors (Lipinski definition) is 3. The van der Waals surface area contributed by atoms with Gasteiger partial charge in [0.05, 0.1) is 24.4 Å². The van der Waals surface area contributed by atoms with Gasteiger partial charge in [0, 0.05) is 13.1 Å². The second-order valence-electron chi connectivity index (χ2n) is 4.87. The van der Waals surface area contributed by atoms with Crippen LogP contribution in [0.5, 0.6) is 0 Å². The summed E-state index contributed by atoms with van der Waals surface area (Å²) in [5.41, 5.74) is -0.0669. The summed E-state index contributed by atoms with van der Waals surface area (Å²) >= 11 is 0. The maximum absolute atomic E-state index is 5.84. The van der Waals surface area contributed by atoms with E-state index in [2.05, 4.69) is 33.0 Å². The lowest BCUT2D eigenvalue weighted by Crippen LogP contribution is -2.47. The molecule has 3 nitrogen and oxygen atoms in total. The van der Waals surface area contributed by atoms with E-state index >= 15 is 0 Å². The molecule has 0 spiro atoms. The Balaban J connectivity index is 2.24. The summed E-state index contributed by atoms with van der Waals surface area (Å²) in [7, 11) is 0. The van der Waals surface area contributed by atoms with Crippen molar-refractivity contribution in [1.29, 1.82) is 0 Å². The minimum atomic E-state index is -0.0669. The van der Waals surface area contributed by atoms with Crippen LogP contribution in [0.25, 0.3) is 0 Å². The number of ether oxygens (including phenoxy) is 2. The van der Waals surface area contributed by atoms with Crippen LogP contribution in [0.4, 0.5) is 0 Å². The van der Waals surface area contributed by atoms with E-state index in [0.29, 0.717) is 12.7 Å².